The SMILES string of the molecule is C[C@@H]1CCOC(=O)N1C. The van der Waals surface area contributed by atoms with Gasteiger partial charge in [0.15, 0.2) is 0 Å². The standard InChI is InChI=1S/C6H11NO2/c1-5-3-4-9-6(8)7(5)2/h5H,3-4H2,1-2H3/t5-/m1/s1. The van der Waals surface area contributed by atoms with Gasteiger partial charge in [-0.15, -0.1) is 0 Å². The van der Waals surface area contributed by atoms with Gasteiger partial charge in [-0.2, -0.15) is 0 Å². The van der Waals surface area contributed by atoms with Gasteiger partial charge >= 0.3 is 6.09 Å². The van der Waals surface area contributed by atoms with Crippen LogP contribution in [0.4, 0.5) is 4.79 Å². The Hall–Kier alpha value is -0.730. The molecule has 3 nitrogen and oxygen atoms in total. The Bertz CT molecular complexity index is 124. The monoisotopic (exact) mass is 129 g/mol. The summed E-state index contributed by atoms with van der Waals surface area (Å²) in [5, 5.41) is 0. The van der Waals surface area contributed by atoms with Crippen molar-refractivity contribution in [1.29, 1.82) is 0 Å². The summed E-state index contributed by atoms with van der Waals surface area (Å²) in [6, 6.07) is 0.339. The highest BCUT2D eigenvalue weighted by atomic mass is 16.6. The molecule has 1 amide bonds. The molecule has 9 heavy (non-hydrogen) atoms. The fraction of sp³-hybridized carbons (Fsp3) is 0.833. The van der Waals surface area contributed by atoms with Gasteiger partial charge in [0.05, 0.1) is 6.61 Å². The lowest BCUT2D eigenvalue weighted by Gasteiger charge is -2.28. The van der Waals surface area contributed by atoms with Crippen molar-refractivity contribution in [2.24, 2.45) is 0 Å². The van der Waals surface area contributed by atoms with Gasteiger partial charge in [0.25, 0.3) is 0 Å². The van der Waals surface area contributed by atoms with Gasteiger partial charge in [-0.25, -0.2) is 4.79 Å². The van der Waals surface area contributed by atoms with E-state index in [0.29, 0.717) is 12.6 Å². The molecule has 1 aliphatic heterocycles. The first-order chi connectivity index (χ1) is 4.22. The Morgan fingerprint density at radius 1 is 1.78 bits per heavy atom. The van der Waals surface area contributed by atoms with Crippen LogP contribution < -0.4 is 0 Å². The molecular formula is C6H11NO2. The topological polar surface area (TPSA) is 29.5 Å². The van der Waals surface area contributed by atoms with E-state index in [-0.39, 0.29) is 6.09 Å². The Morgan fingerprint density at radius 3 is 2.89 bits per heavy atom. The first-order valence-electron chi connectivity index (χ1n) is 3.11. The van der Waals surface area contributed by atoms with Crippen molar-refractivity contribution < 1.29 is 9.53 Å². The van der Waals surface area contributed by atoms with Crippen LogP contribution in [0.5, 0.6) is 0 Å². The van der Waals surface area contributed by atoms with E-state index >= 15 is 0 Å². The molecule has 0 radical (unpaired) electrons. The smallest absolute Gasteiger partial charge is 0.409 e. The molecule has 0 aromatic heterocycles. The second-order valence-corrected chi connectivity index (χ2v) is 2.36. The Labute approximate surface area is 54.6 Å². The molecule has 0 aromatic rings. The Morgan fingerprint density at radius 2 is 2.44 bits per heavy atom. The van der Waals surface area contributed by atoms with Crippen molar-refractivity contribution in [3.63, 3.8) is 0 Å². The molecule has 0 spiro atoms. The highest BCUT2D eigenvalue weighted by molar-refractivity contribution is 5.68. The van der Waals surface area contributed by atoms with E-state index in [0.717, 1.165) is 6.42 Å². The van der Waals surface area contributed by atoms with Gasteiger partial charge in [0.2, 0.25) is 0 Å². The van der Waals surface area contributed by atoms with Crippen LogP contribution in [-0.4, -0.2) is 30.7 Å². The average molecular weight is 129 g/mol. The van der Waals surface area contributed by atoms with E-state index in [1.165, 1.54) is 0 Å². The largest absolute Gasteiger partial charge is 0.449 e. The third-order valence-electron chi connectivity index (χ3n) is 1.71. The molecule has 3 heteroatoms. The first-order valence-corrected chi connectivity index (χ1v) is 3.11. The van der Waals surface area contributed by atoms with E-state index in [2.05, 4.69) is 0 Å². The number of ether oxygens (including phenoxy) is 1. The van der Waals surface area contributed by atoms with Crippen LogP contribution in [-0.2, 0) is 4.74 Å². The van der Waals surface area contributed by atoms with Crippen molar-refractivity contribution in [1.82, 2.24) is 4.90 Å². The lowest BCUT2D eigenvalue weighted by molar-refractivity contribution is 0.0610. The quantitative estimate of drug-likeness (QED) is 0.485. The minimum atomic E-state index is -0.200. The Kier molecular flexibility index (Phi) is 1.60. The number of amides is 1. The molecule has 0 N–H and O–H groups in total. The number of carbonyl (C=O) groups is 1. The highest BCUT2D eigenvalue weighted by Crippen LogP contribution is 2.08. The third-order valence-corrected chi connectivity index (χ3v) is 1.71. The molecule has 52 valence electrons. The van der Waals surface area contributed by atoms with Gasteiger partial charge in [0, 0.05) is 19.5 Å². The molecule has 1 atom stereocenters. The van der Waals surface area contributed by atoms with E-state index in [1.54, 1.807) is 11.9 Å². The zero-order valence-corrected chi connectivity index (χ0v) is 5.76. The number of cyclic esters (lactones) is 1. The van der Waals surface area contributed by atoms with Crippen LogP contribution in [0, 0.1) is 0 Å². The van der Waals surface area contributed by atoms with E-state index in [1.807, 2.05) is 6.92 Å². The molecule has 0 unspecified atom stereocenters. The third kappa shape index (κ3) is 1.15. The molecule has 1 heterocycles. The summed E-state index contributed by atoms with van der Waals surface area (Å²) in [5.41, 5.74) is 0. The fourth-order valence-corrected chi connectivity index (χ4v) is 0.792. The zero-order chi connectivity index (χ0) is 6.85. The van der Waals surface area contributed by atoms with Crippen molar-refractivity contribution in [2.75, 3.05) is 13.7 Å². The number of hydrogen-bond donors (Lipinski definition) is 0. The normalized spacial score (nSPS) is 28.0. The summed E-state index contributed by atoms with van der Waals surface area (Å²) in [7, 11) is 1.76. The molecule has 1 aliphatic rings. The molecule has 1 saturated heterocycles. The minimum absolute atomic E-state index is 0.200. The maximum Gasteiger partial charge on any atom is 0.409 e. The summed E-state index contributed by atoms with van der Waals surface area (Å²) in [4.78, 5) is 12.3. The zero-order valence-electron chi connectivity index (χ0n) is 5.76. The van der Waals surface area contributed by atoms with Gasteiger partial charge in [-0.1, -0.05) is 0 Å². The van der Waals surface area contributed by atoms with Crippen molar-refractivity contribution >= 4 is 6.09 Å². The molecule has 1 rings (SSSR count). The van der Waals surface area contributed by atoms with Gasteiger partial charge < -0.3 is 9.64 Å². The Balaban J connectivity index is 2.51. The summed E-state index contributed by atoms with van der Waals surface area (Å²) in [5.74, 6) is 0. The molecule has 0 aliphatic carbocycles. The summed E-state index contributed by atoms with van der Waals surface area (Å²) >= 11 is 0. The predicted octanol–water partition coefficient (Wildman–Crippen LogP) is 0.847. The maximum atomic E-state index is 10.7. The van der Waals surface area contributed by atoms with Crippen molar-refractivity contribution in [3.05, 3.63) is 0 Å². The van der Waals surface area contributed by atoms with Crippen LogP contribution in [0.25, 0.3) is 0 Å². The molecule has 0 saturated carbocycles. The van der Waals surface area contributed by atoms with Gasteiger partial charge in [-0.05, 0) is 6.92 Å². The fourth-order valence-electron chi connectivity index (χ4n) is 0.792. The van der Waals surface area contributed by atoms with Crippen LogP contribution in [0.3, 0.4) is 0 Å². The van der Waals surface area contributed by atoms with Gasteiger partial charge in [-0.3, -0.25) is 0 Å². The van der Waals surface area contributed by atoms with E-state index in [4.69, 9.17) is 4.74 Å². The second-order valence-electron chi connectivity index (χ2n) is 2.36. The van der Waals surface area contributed by atoms with Crippen molar-refractivity contribution in [2.45, 2.75) is 19.4 Å². The molecule has 1 fully saturated rings. The summed E-state index contributed by atoms with van der Waals surface area (Å²) in [6.07, 6.45) is 0.746. The average Bonchev–Trinajstić information content (AvgIpc) is 1.83. The molecular weight excluding hydrogens is 118 g/mol. The van der Waals surface area contributed by atoms with Crippen LogP contribution >= 0.6 is 0 Å². The van der Waals surface area contributed by atoms with E-state index < -0.39 is 0 Å². The summed E-state index contributed by atoms with van der Waals surface area (Å²) < 4.78 is 4.75. The molecule has 0 bridgehead atoms. The molecule has 0 aromatic carbocycles. The number of rotatable bonds is 0. The maximum absolute atomic E-state index is 10.7. The van der Waals surface area contributed by atoms with Crippen LogP contribution in [0.15, 0.2) is 0 Å². The lowest BCUT2D eigenvalue weighted by Crippen LogP contribution is -2.40. The van der Waals surface area contributed by atoms with Crippen molar-refractivity contribution in [3.8, 4) is 0 Å². The number of carbonyl (C=O) groups excluding carboxylic acids is 1. The highest BCUT2D eigenvalue weighted by Gasteiger charge is 2.21. The summed E-state index contributed by atoms with van der Waals surface area (Å²) in [6.45, 7) is 2.59. The van der Waals surface area contributed by atoms with Crippen LogP contribution in [0.2, 0.25) is 0 Å². The predicted molar refractivity (Wildman–Crippen MR) is 33.2 cm³/mol. The minimum Gasteiger partial charge on any atom is -0.449 e. The second kappa shape index (κ2) is 2.25. The van der Waals surface area contributed by atoms with Crippen LogP contribution in [0.1, 0.15) is 13.3 Å². The first kappa shape index (κ1) is 6.39. The van der Waals surface area contributed by atoms with E-state index in [9.17, 15) is 4.79 Å². The lowest BCUT2D eigenvalue weighted by atomic mass is 10.2. The number of hydrogen-bond acceptors (Lipinski definition) is 2. The number of nitrogens with zero attached hydrogens (tertiary/aromatic N) is 1. The van der Waals surface area contributed by atoms with Gasteiger partial charge in [0.1, 0.15) is 0 Å².